The normalized spacial score (nSPS) is 28.0. The number of nitrogens with zero attached hydrogens (tertiary/aromatic N) is 1. The van der Waals surface area contributed by atoms with E-state index in [1.807, 2.05) is 0 Å². The number of carbonyl (C=O) groups excluding carboxylic acids is 1. The first-order valence-corrected chi connectivity index (χ1v) is 8.43. The van der Waals surface area contributed by atoms with E-state index < -0.39 is 0 Å². The number of nitrogens with two attached hydrogens (primary N) is 1. The molecule has 3 N–H and O–H groups in total. The highest BCUT2D eigenvalue weighted by Gasteiger charge is 2.27. The molecule has 1 amide bonds. The third-order valence-corrected chi connectivity index (χ3v) is 4.96. The Bertz CT molecular complexity index is 331. The minimum Gasteiger partial charge on any atom is -0.381 e. The molecule has 2 fully saturated rings. The molecule has 0 aromatic carbocycles. The SMILES string of the molecule is CC1CCCN(C(C)CNC(=O)C(N)C2CCOCC2)C1. The second kappa shape index (κ2) is 8.11. The third-order valence-electron chi connectivity index (χ3n) is 4.96. The molecule has 3 atom stereocenters. The third kappa shape index (κ3) is 4.94. The molecule has 2 saturated heterocycles. The Morgan fingerprint density at radius 1 is 1.38 bits per heavy atom. The number of likely N-dealkylation sites (tertiary alicyclic amines) is 1. The summed E-state index contributed by atoms with van der Waals surface area (Å²) in [5.74, 6) is 1.03. The number of hydrogen-bond acceptors (Lipinski definition) is 4. The van der Waals surface area contributed by atoms with Crippen LogP contribution in [-0.4, -0.2) is 55.7 Å². The van der Waals surface area contributed by atoms with Crippen LogP contribution >= 0.6 is 0 Å². The Morgan fingerprint density at radius 2 is 2.10 bits per heavy atom. The Hall–Kier alpha value is -0.650. The largest absolute Gasteiger partial charge is 0.381 e. The molecule has 0 saturated carbocycles. The minimum absolute atomic E-state index is 0.00110. The monoisotopic (exact) mass is 297 g/mol. The summed E-state index contributed by atoms with van der Waals surface area (Å²) in [6.45, 7) is 8.94. The van der Waals surface area contributed by atoms with Gasteiger partial charge in [0.05, 0.1) is 6.04 Å². The second-order valence-electron chi connectivity index (χ2n) is 6.81. The van der Waals surface area contributed by atoms with Crippen LogP contribution in [0.15, 0.2) is 0 Å². The molecule has 3 unspecified atom stereocenters. The molecule has 0 spiro atoms. The molecule has 21 heavy (non-hydrogen) atoms. The van der Waals surface area contributed by atoms with E-state index >= 15 is 0 Å². The molecule has 122 valence electrons. The van der Waals surface area contributed by atoms with Gasteiger partial charge in [0.25, 0.3) is 0 Å². The van der Waals surface area contributed by atoms with Crippen LogP contribution in [-0.2, 0) is 9.53 Å². The van der Waals surface area contributed by atoms with Crippen molar-refractivity contribution in [3.63, 3.8) is 0 Å². The average Bonchev–Trinajstić information content (AvgIpc) is 2.52. The molecule has 2 aliphatic heterocycles. The zero-order valence-corrected chi connectivity index (χ0v) is 13.5. The average molecular weight is 297 g/mol. The van der Waals surface area contributed by atoms with Crippen LogP contribution in [0.4, 0.5) is 0 Å². The van der Waals surface area contributed by atoms with Crippen LogP contribution < -0.4 is 11.1 Å². The minimum atomic E-state index is -0.388. The molecule has 2 aliphatic rings. The molecule has 0 bridgehead atoms. The lowest BCUT2D eigenvalue weighted by Crippen LogP contribution is -2.51. The molecule has 0 aromatic rings. The van der Waals surface area contributed by atoms with Gasteiger partial charge in [-0.05, 0) is 51.0 Å². The van der Waals surface area contributed by atoms with Gasteiger partial charge in [0.15, 0.2) is 0 Å². The molecule has 2 rings (SSSR count). The summed E-state index contributed by atoms with van der Waals surface area (Å²) in [7, 11) is 0. The van der Waals surface area contributed by atoms with Gasteiger partial charge in [-0.1, -0.05) is 6.92 Å². The lowest BCUT2D eigenvalue weighted by Gasteiger charge is -2.36. The maximum absolute atomic E-state index is 12.2. The molecule has 5 heteroatoms. The predicted molar refractivity (Wildman–Crippen MR) is 84.0 cm³/mol. The van der Waals surface area contributed by atoms with Crippen molar-refractivity contribution in [1.82, 2.24) is 10.2 Å². The number of rotatable bonds is 5. The fourth-order valence-electron chi connectivity index (χ4n) is 3.41. The van der Waals surface area contributed by atoms with Gasteiger partial charge in [0, 0.05) is 32.3 Å². The van der Waals surface area contributed by atoms with Crippen molar-refractivity contribution in [3.8, 4) is 0 Å². The lowest BCUT2D eigenvalue weighted by molar-refractivity contribution is -0.124. The topological polar surface area (TPSA) is 67.6 Å². The van der Waals surface area contributed by atoms with E-state index in [0.717, 1.165) is 45.1 Å². The van der Waals surface area contributed by atoms with Gasteiger partial charge in [-0.2, -0.15) is 0 Å². The Labute approximate surface area is 128 Å². The Kier molecular flexibility index (Phi) is 6.45. The van der Waals surface area contributed by atoms with E-state index in [9.17, 15) is 4.79 Å². The molecular formula is C16H31N3O2. The lowest BCUT2D eigenvalue weighted by atomic mass is 9.92. The first-order valence-electron chi connectivity index (χ1n) is 8.43. The van der Waals surface area contributed by atoms with Crippen molar-refractivity contribution in [3.05, 3.63) is 0 Å². The molecular weight excluding hydrogens is 266 g/mol. The van der Waals surface area contributed by atoms with Crippen molar-refractivity contribution in [2.45, 2.75) is 51.6 Å². The number of ether oxygens (including phenoxy) is 1. The van der Waals surface area contributed by atoms with Gasteiger partial charge in [-0.25, -0.2) is 0 Å². The number of amides is 1. The van der Waals surface area contributed by atoms with Gasteiger partial charge in [0.1, 0.15) is 0 Å². The second-order valence-corrected chi connectivity index (χ2v) is 6.81. The van der Waals surface area contributed by atoms with Gasteiger partial charge >= 0.3 is 0 Å². The first kappa shape index (κ1) is 16.7. The number of nitrogens with one attached hydrogen (secondary N) is 1. The first-order chi connectivity index (χ1) is 10.1. The zero-order chi connectivity index (χ0) is 15.2. The summed E-state index contributed by atoms with van der Waals surface area (Å²) in [6, 6.07) is -0.0000291. The fraction of sp³-hybridized carbons (Fsp3) is 0.938. The quantitative estimate of drug-likeness (QED) is 0.794. The molecule has 0 aromatic heterocycles. The predicted octanol–water partition coefficient (Wildman–Crippen LogP) is 0.977. The van der Waals surface area contributed by atoms with Crippen molar-refractivity contribution in [2.75, 3.05) is 32.8 Å². The summed E-state index contributed by atoms with van der Waals surface area (Å²) < 4.78 is 5.32. The van der Waals surface area contributed by atoms with Crippen molar-refractivity contribution in [1.29, 1.82) is 0 Å². The van der Waals surface area contributed by atoms with E-state index in [1.54, 1.807) is 0 Å². The smallest absolute Gasteiger partial charge is 0.237 e. The summed E-state index contributed by atoms with van der Waals surface area (Å²) >= 11 is 0. The fourth-order valence-corrected chi connectivity index (χ4v) is 3.41. The summed E-state index contributed by atoms with van der Waals surface area (Å²) in [4.78, 5) is 14.7. The van der Waals surface area contributed by atoms with Crippen molar-refractivity contribution >= 4 is 5.91 Å². The van der Waals surface area contributed by atoms with E-state index in [1.165, 1.54) is 12.8 Å². The highest BCUT2D eigenvalue weighted by Crippen LogP contribution is 2.19. The van der Waals surface area contributed by atoms with Crippen LogP contribution in [0.25, 0.3) is 0 Å². The summed E-state index contributed by atoms with van der Waals surface area (Å²) in [6.07, 6.45) is 4.38. The maximum Gasteiger partial charge on any atom is 0.237 e. The number of piperidine rings is 1. The molecule has 0 aliphatic carbocycles. The van der Waals surface area contributed by atoms with Gasteiger partial charge in [-0.3, -0.25) is 9.69 Å². The highest BCUT2D eigenvalue weighted by molar-refractivity contribution is 5.81. The molecule has 5 nitrogen and oxygen atoms in total. The summed E-state index contributed by atoms with van der Waals surface area (Å²) in [5, 5.41) is 3.05. The van der Waals surface area contributed by atoms with Crippen LogP contribution in [0.2, 0.25) is 0 Å². The number of hydrogen-bond donors (Lipinski definition) is 2. The van der Waals surface area contributed by atoms with Crippen LogP contribution in [0, 0.1) is 11.8 Å². The van der Waals surface area contributed by atoms with E-state index in [4.69, 9.17) is 10.5 Å². The van der Waals surface area contributed by atoms with Gasteiger partial charge < -0.3 is 15.8 Å². The Morgan fingerprint density at radius 3 is 2.76 bits per heavy atom. The van der Waals surface area contributed by atoms with E-state index in [0.29, 0.717) is 12.6 Å². The van der Waals surface area contributed by atoms with Crippen molar-refractivity contribution in [2.24, 2.45) is 17.6 Å². The zero-order valence-electron chi connectivity index (χ0n) is 13.5. The summed E-state index contributed by atoms with van der Waals surface area (Å²) in [5.41, 5.74) is 6.10. The van der Waals surface area contributed by atoms with E-state index in [2.05, 4.69) is 24.1 Å². The Balaban J connectivity index is 1.72. The van der Waals surface area contributed by atoms with Crippen molar-refractivity contribution < 1.29 is 9.53 Å². The van der Waals surface area contributed by atoms with Gasteiger partial charge in [-0.15, -0.1) is 0 Å². The van der Waals surface area contributed by atoms with Gasteiger partial charge in [0.2, 0.25) is 5.91 Å². The highest BCUT2D eigenvalue weighted by atomic mass is 16.5. The van der Waals surface area contributed by atoms with E-state index in [-0.39, 0.29) is 17.9 Å². The van der Waals surface area contributed by atoms with Crippen LogP contribution in [0.1, 0.15) is 39.5 Å². The van der Waals surface area contributed by atoms with Crippen LogP contribution in [0.3, 0.4) is 0 Å². The molecule has 2 heterocycles. The maximum atomic E-state index is 12.2. The van der Waals surface area contributed by atoms with Crippen LogP contribution in [0.5, 0.6) is 0 Å². The molecule has 0 radical (unpaired) electrons. The number of carbonyl (C=O) groups is 1. The standard InChI is InChI=1S/C16H31N3O2/c1-12-4-3-7-19(11-12)13(2)10-18-16(20)15(17)14-5-8-21-9-6-14/h12-15H,3-11,17H2,1-2H3,(H,18,20).